The van der Waals surface area contributed by atoms with E-state index in [4.69, 9.17) is 10.9 Å². The lowest BCUT2D eigenvalue weighted by Crippen LogP contribution is -2.21. The van der Waals surface area contributed by atoms with Gasteiger partial charge in [0.1, 0.15) is 0 Å². The minimum absolute atomic E-state index is 0.128. The van der Waals surface area contributed by atoms with Crippen LogP contribution < -0.4 is 5.73 Å². The maximum absolute atomic E-state index is 8.91. The van der Waals surface area contributed by atoms with Crippen molar-refractivity contribution in [2.75, 3.05) is 13.1 Å². The van der Waals surface area contributed by atoms with Crippen molar-refractivity contribution in [2.24, 2.45) is 10.9 Å². The van der Waals surface area contributed by atoms with Crippen molar-refractivity contribution in [3.05, 3.63) is 59.7 Å². The van der Waals surface area contributed by atoms with Gasteiger partial charge in [-0.05, 0) is 29.8 Å². The van der Waals surface area contributed by atoms with Crippen LogP contribution in [0.15, 0.2) is 53.7 Å². The molecule has 3 N–H and O–H groups in total. The fourth-order valence-electron chi connectivity index (χ4n) is 2.51. The second-order valence-electron chi connectivity index (χ2n) is 5.19. The summed E-state index contributed by atoms with van der Waals surface area (Å²) in [5.74, 6) is 0.128. The van der Waals surface area contributed by atoms with Crippen molar-refractivity contribution in [3.8, 4) is 11.1 Å². The van der Waals surface area contributed by atoms with Gasteiger partial charge in [-0.15, -0.1) is 0 Å². The fourth-order valence-corrected chi connectivity index (χ4v) is 2.51. The SMILES string of the molecule is CCN(CC)Cc1ccc(-c2ccccc2/C(N)=N/O)cc1. The molecule has 0 aliphatic carbocycles. The molecule has 0 bridgehead atoms. The molecule has 0 heterocycles. The van der Waals surface area contributed by atoms with Crippen molar-refractivity contribution >= 4 is 5.84 Å². The van der Waals surface area contributed by atoms with Crippen LogP contribution in [0.5, 0.6) is 0 Å². The summed E-state index contributed by atoms with van der Waals surface area (Å²) < 4.78 is 0. The van der Waals surface area contributed by atoms with Gasteiger partial charge in [-0.1, -0.05) is 67.5 Å². The zero-order chi connectivity index (χ0) is 15.9. The van der Waals surface area contributed by atoms with Crippen LogP contribution in [0.2, 0.25) is 0 Å². The number of rotatable bonds is 6. The molecule has 4 heteroatoms. The molecule has 0 spiro atoms. The van der Waals surface area contributed by atoms with Crippen LogP contribution in [-0.2, 0) is 6.54 Å². The quantitative estimate of drug-likeness (QED) is 0.372. The third kappa shape index (κ3) is 3.65. The van der Waals surface area contributed by atoms with E-state index >= 15 is 0 Å². The molecule has 2 aromatic rings. The Kier molecular flexibility index (Phi) is 5.55. The predicted octanol–water partition coefficient (Wildman–Crippen LogP) is 3.29. The normalized spacial score (nSPS) is 11.9. The van der Waals surface area contributed by atoms with Gasteiger partial charge in [0, 0.05) is 12.1 Å². The Bertz CT molecular complexity index is 631. The Morgan fingerprint density at radius 1 is 1.05 bits per heavy atom. The zero-order valence-corrected chi connectivity index (χ0v) is 13.2. The Balaban J connectivity index is 2.28. The van der Waals surface area contributed by atoms with Crippen molar-refractivity contribution < 1.29 is 5.21 Å². The van der Waals surface area contributed by atoms with Crippen LogP contribution >= 0.6 is 0 Å². The van der Waals surface area contributed by atoms with Crippen LogP contribution in [0.1, 0.15) is 25.0 Å². The van der Waals surface area contributed by atoms with E-state index in [0.29, 0.717) is 0 Å². The molecule has 0 aliphatic rings. The highest BCUT2D eigenvalue weighted by Gasteiger charge is 2.08. The van der Waals surface area contributed by atoms with Gasteiger partial charge in [0.15, 0.2) is 5.84 Å². The van der Waals surface area contributed by atoms with Gasteiger partial charge in [0.05, 0.1) is 0 Å². The lowest BCUT2D eigenvalue weighted by Gasteiger charge is -2.18. The monoisotopic (exact) mass is 297 g/mol. The van der Waals surface area contributed by atoms with Crippen LogP contribution in [0.25, 0.3) is 11.1 Å². The summed E-state index contributed by atoms with van der Waals surface area (Å²) >= 11 is 0. The van der Waals surface area contributed by atoms with Crippen LogP contribution in [-0.4, -0.2) is 29.0 Å². The summed E-state index contributed by atoms with van der Waals surface area (Å²) in [4.78, 5) is 2.37. The van der Waals surface area contributed by atoms with Gasteiger partial charge in [-0.25, -0.2) is 0 Å². The number of amidine groups is 1. The first kappa shape index (κ1) is 16.0. The highest BCUT2D eigenvalue weighted by Crippen LogP contribution is 2.24. The molecule has 0 amide bonds. The average molecular weight is 297 g/mol. The molecule has 2 aromatic carbocycles. The van der Waals surface area contributed by atoms with Gasteiger partial charge in [0.25, 0.3) is 0 Å². The van der Waals surface area contributed by atoms with E-state index in [1.165, 1.54) is 5.56 Å². The molecular formula is C18H23N3O. The Morgan fingerprint density at radius 3 is 2.27 bits per heavy atom. The Morgan fingerprint density at radius 2 is 1.68 bits per heavy atom. The molecule has 22 heavy (non-hydrogen) atoms. The molecule has 0 aromatic heterocycles. The van der Waals surface area contributed by atoms with E-state index < -0.39 is 0 Å². The number of benzene rings is 2. The van der Waals surface area contributed by atoms with Crippen LogP contribution in [0.3, 0.4) is 0 Å². The van der Waals surface area contributed by atoms with Crippen LogP contribution in [0, 0.1) is 0 Å². The fraction of sp³-hybridized carbons (Fsp3) is 0.278. The predicted molar refractivity (Wildman–Crippen MR) is 91.0 cm³/mol. The van der Waals surface area contributed by atoms with E-state index in [9.17, 15) is 0 Å². The van der Waals surface area contributed by atoms with Gasteiger partial charge >= 0.3 is 0 Å². The lowest BCUT2D eigenvalue weighted by atomic mass is 9.98. The second-order valence-corrected chi connectivity index (χ2v) is 5.19. The zero-order valence-electron chi connectivity index (χ0n) is 13.2. The van der Waals surface area contributed by atoms with Gasteiger partial charge in [-0.2, -0.15) is 0 Å². The molecule has 0 unspecified atom stereocenters. The third-order valence-corrected chi connectivity index (χ3v) is 3.88. The van der Waals surface area contributed by atoms with Crippen molar-refractivity contribution in [2.45, 2.75) is 20.4 Å². The minimum atomic E-state index is 0.128. The molecular weight excluding hydrogens is 274 g/mol. The van der Waals surface area contributed by atoms with Gasteiger partial charge < -0.3 is 10.9 Å². The van der Waals surface area contributed by atoms with Gasteiger partial charge in [-0.3, -0.25) is 4.90 Å². The van der Waals surface area contributed by atoms with E-state index in [2.05, 4.69) is 48.2 Å². The molecule has 0 radical (unpaired) electrons. The van der Waals surface area contributed by atoms with Crippen molar-refractivity contribution in [3.63, 3.8) is 0 Å². The van der Waals surface area contributed by atoms with E-state index in [-0.39, 0.29) is 5.84 Å². The lowest BCUT2D eigenvalue weighted by molar-refractivity contribution is 0.296. The molecule has 0 aliphatic heterocycles. The topological polar surface area (TPSA) is 61.8 Å². The third-order valence-electron chi connectivity index (χ3n) is 3.88. The molecule has 0 atom stereocenters. The van der Waals surface area contributed by atoms with Crippen molar-refractivity contribution in [1.82, 2.24) is 4.90 Å². The second kappa shape index (κ2) is 7.61. The molecule has 2 rings (SSSR count). The number of nitrogens with two attached hydrogens (primary N) is 1. The average Bonchev–Trinajstić information content (AvgIpc) is 2.59. The largest absolute Gasteiger partial charge is 0.409 e. The first-order valence-electron chi connectivity index (χ1n) is 7.58. The van der Waals surface area contributed by atoms with E-state index in [0.717, 1.165) is 36.3 Å². The molecule has 0 fully saturated rings. The van der Waals surface area contributed by atoms with Crippen LogP contribution in [0.4, 0.5) is 0 Å². The summed E-state index contributed by atoms with van der Waals surface area (Å²) in [6, 6.07) is 16.1. The van der Waals surface area contributed by atoms with E-state index in [1.807, 2.05) is 24.3 Å². The Hall–Kier alpha value is -2.33. The molecule has 116 valence electrons. The minimum Gasteiger partial charge on any atom is -0.409 e. The smallest absolute Gasteiger partial charge is 0.170 e. The highest BCUT2D eigenvalue weighted by molar-refractivity contribution is 6.03. The number of hydrogen-bond donors (Lipinski definition) is 2. The maximum Gasteiger partial charge on any atom is 0.170 e. The highest BCUT2D eigenvalue weighted by atomic mass is 16.4. The molecule has 4 nitrogen and oxygen atoms in total. The molecule has 0 saturated heterocycles. The maximum atomic E-state index is 8.91. The standard InChI is InChI=1S/C18H23N3O/c1-3-21(4-2)13-14-9-11-15(12-10-14)16-7-5-6-8-17(16)18(19)20-22/h5-12,22H,3-4,13H2,1-2H3,(H2,19,20). The van der Waals surface area contributed by atoms with Gasteiger partial charge in [0.2, 0.25) is 0 Å². The number of nitrogens with zero attached hydrogens (tertiary/aromatic N) is 2. The summed E-state index contributed by atoms with van der Waals surface area (Å²) in [5, 5.41) is 12.0. The summed E-state index contributed by atoms with van der Waals surface area (Å²) in [6.07, 6.45) is 0. The summed E-state index contributed by atoms with van der Waals surface area (Å²) in [5.41, 5.74) is 9.81. The number of oxime groups is 1. The molecule has 0 saturated carbocycles. The van der Waals surface area contributed by atoms with Crippen molar-refractivity contribution in [1.29, 1.82) is 0 Å². The summed E-state index contributed by atoms with van der Waals surface area (Å²) in [7, 11) is 0. The summed E-state index contributed by atoms with van der Waals surface area (Å²) in [6.45, 7) is 7.39. The van der Waals surface area contributed by atoms with E-state index in [1.54, 1.807) is 0 Å². The Labute approximate surface area is 131 Å². The number of hydrogen-bond acceptors (Lipinski definition) is 3. The first-order valence-corrected chi connectivity index (χ1v) is 7.58. The first-order chi connectivity index (χ1) is 10.7.